The predicted octanol–water partition coefficient (Wildman–Crippen LogP) is 5.37. The van der Waals surface area contributed by atoms with Crippen LogP contribution in [-0.2, 0) is 25.9 Å². The SMILES string of the molecule is COc1ccc(CNc2nc(CN3CCC(N(C)C)CC3)nc3sc4c(c23)CCCC4)cc1Cl. The number of benzene rings is 1. The molecule has 34 heavy (non-hydrogen) atoms. The molecule has 0 saturated carbocycles. The summed E-state index contributed by atoms with van der Waals surface area (Å²) in [7, 11) is 6.01. The molecule has 1 saturated heterocycles. The fourth-order valence-electron chi connectivity index (χ4n) is 5.20. The van der Waals surface area contributed by atoms with Gasteiger partial charge in [0.25, 0.3) is 0 Å². The largest absolute Gasteiger partial charge is 0.495 e. The van der Waals surface area contributed by atoms with Crippen molar-refractivity contribution in [2.75, 3.05) is 39.6 Å². The zero-order chi connectivity index (χ0) is 23.7. The Balaban J connectivity index is 1.40. The highest BCUT2D eigenvalue weighted by Gasteiger charge is 2.24. The third-order valence-corrected chi connectivity index (χ3v) is 8.67. The van der Waals surface area contributed by atoms with Gasteiger partial charge in [-0.2, -0.15) is 0 Å². The standard InChI is InChI=1S/C26H34ClN5OS/c1-31(2)18-10-12-32(13-11-18)16-23-29-25(28-15-17-8-9-21(33-3)20(27)14-17)24-19-6-4-5-7-22(19)34-26(24)30-23/h8-9,14,18H,4-7,10-13,15-16H2,1-3H3,(H,28,29,30). The Bertz CT molecular complexity index is 1160. The third-order valence-electron chi connectivity index (χ3n) is 7.19. The number of ether oxygens (including phenoxy) is 1. The summed E-state index contributed by atoms with van der Waals surface area (Å²) in [5.41, 5.74) is 2.56. The highest BCUT2D eigenvalue weighted by molar-refractivity contribution is 7.19. The van der Waals surface area contributed by atoms with Gasteiger partial charge in [-0.05, 0) is 75.9 Å². The lowest BCUT2D eigenvalue weighted by Crippen LogP contribution is -2.41. The van der Waals surface area contributed by atoms with E-state index in [1.165, 1.54) is 41.5 Å². The summed E-state index contributed by atoms with van der Waals surface area (Å²) < 4.78 is 5.30. The molecule has 1 aliphatic heterocycles. The summed E-state index contributed by atoms with van der Waals surface area (Å²) in [4.78, 5) is 17.6. The minimum absolute atomic E-state index is 0.629. The molecular weight excluding hydrogens is 466 g/mol. The number of nitrogens with zero attached hydrogens (tertiary/aromatic N) is 4. The zero-order valence-electron chi connectivity index (χ0n) is 20.4. The summed E-state index contributed by atoms with van der Waals surface area (Å²) in [6.07, 6.45) is 7.21. The molecule has 0 atom stereocenters. The van der Waals surface area contributed by atoms with Crippen LogP contribution in [0.15, 0.2) is 18.2 Å². The number of rotatable bonds is 7. The van der Waals surface area contributed by atoms with Crippen molar-refractivity contribution in [3.8, 4) is 5.75 Å². The quantitative estimate of drug-likeness (QED) is 0.471. The van der Waals surface area contributed by atoms with Crippen molar-refractivity contribution >= 4 is 39.0 Å². The van der Waals surface area contributed by atoms with Crippen molar-refractivity contribution in [3.63, 3.8) is 0 Å². The van der Waals surface area contributed by atoms with Crippen LogP contribution in [0.2, 0.25) is 5.02 Å². The Morgan fingerprint density at radius 2 is 1.97 bits per heavy atom. The number of hydrogen-bond acceptors (Lipinski definition) is 7. The Labute approximate surface area is 211 Å². The van der Waals surface area contributed by atoms with E-state index in [0.717, 1.165) is 54.5 Å². The van der Waals surface area contributed by atoms with E-state index in [-0.39, 0.29) is 0 Å². The molecule has 2 aliphatic rings. The van der Waals surface area contributed by atoms with Crippen LogP contribution in [0.3, 0.4) is 0 Å². The Morgan fingerprint density at radius 1 is 1.18 bits per heavy atom. The minimum atomic E-state index is 0.629. The van der Waals surface area contributed by atoms with Gasteiger partial charge in [-0.1, -0.05) is 17.7 Å². The van der Waals surface area contributed by atoms with Crippen LogP contribution in [0.5, 0.6) is 5.75 Å². The predicted molar refractivity (Wildman–Crippen MR) is 141 cm³/mol. The van der Waals surface area contributed by atoms with E-state index in [1.807, 2.05) is 23.5 Å². The van der Waals surface area contributed by atoms with E-state index in [4.69, 9.17) is 26.3 Å². The van der Waals surface area contributed by atoms with Gasteiger partial charge in [0, 0.05) is 30.6 Å². The van der Waals surface area contributed by atoms with Crippen LogP contribution in [0.25, 0.3) is 10.2 Å². The van der Waals surface area contributed by atoms with Crippen molar-refractivity contribution in [1.29, 1.82) is 0 Å². The molecule has 3 heterocycles. The lowest BCUT2D eigenvalue weighted by Gasteiger charge is -2.34. The second kappa shape index (κ2) is 10.4. The number of halogens is 1. The highest BCUT2D eigenvalue weighted by atomic mass is 35.5. The van der Waals surface area contributed by atoms with E-state index in [2.05, 4.69) is 35.3 Å². The van der Waals surface area contributed by atoms with Crippen LogP contribution in [0, 0.1) is 0 Å². The average Bonchev–Trinajstić information content (AvgIpc) is 3.21. The van der Waals surface area contributed by atoms with Gasteiger partial charge < -0.3 is 15.0 Å². The van der Waals surface area contributed by atoms with Gasteiger partial charge in [0.15, 0.2) is 0 Å². The first-order chi connectivity index (χ1) is 16.5. The number of aromatic nitrogens is 2. The molecule has 8 heteroatoms. The first kappa shape index (κ1) is 23.8. The normalized spacial score (nSPS) is 17.3. The average molecular weight is 500 g/mol. The molecule has 5 rings (SSSR count). The Hall–Kier alpha value is -1.93. The number of fused-ring (bicyclic) bond motifs is 3. The summed E-state index contributed by atoms with van der Waals surface area (Å²) in [5.74, 6) is 2.58. The number of thiophene rings is 1. The molecule has 0 bridgehead atoms. The number of nitrogens with one attached hydrogen (secondary N) is 1. The number of methoxy groups -OCH3 is 1. The van der Waals surface area contributed by atoms with Crippen LogP contribution in [0.4, 0.5) is 5.82 Å². The van der Waals surface area contributed by atoms with Crippen molar-refractivity contribution in [2.24, 2.45) is 0 Å². The topological polar surface area (TPSA) is 53.5 Å². The molecule has 1 N–H and O–H groups in total. The van der Waals surface area contributed by atoms with E-state index in [9.17, 15) is 0 Å². The molecule has 1 aliphatic carbocycles. The fourth-order valence-corrected chi connectivity index (χ4v) is 6.76. The zero-order valence-corrected chi connectivity index (χ0v) is 21.9. The van der Waals surface area contributed by atoms with E-state index in [1.54, 1.807) is 7.11 Å². The van der Waals surface area contributed by atoms with Gasteiger partial charge in [-0.3, -0.25) is 4.90 Å². The van der Waals surface area contributed by atoms with Gasteiger partial charge in [0.05, 0.1) is 24.1 Å². The van der Waals surface area contributed by atoms with E-state index >= 15 is 0 Å². The monoisotopic (exact) mass is 499 g/mol. The summed E-state index contributed by atoms with van der Waals surface area (Å²) >= 11 is 8.23. The minimum Gasteiger partial charge on any atom is -0.495 e. The molecule has 0 amide bonds. The number of likely N-dealkylation sites (tertiary alicyclic amines) is 1. The third kappa shape index (κ3) is 5.03. The maximum Gasteiger partial charge on any atom is 0.146 e. The first-order valence-corrected chi connectivity index (χ1v) is 13.5. The number of anilines is 1. The van der Waals surface area contributed by atoms with Gasteiger partial charge in [-0.15, -0.1) is 11.3 Å². The molecular formula is C26H34ClN5OS. The fraction of sp³-hybridized carbons (Fsp3) is 0.538. The molecule has 2 aromatic heterocycles. The maximum absolute atomic E-state index is 6.36. The van der Waals surface area contributed by atoms with Crippen molar-refractivity contribution < 1.29 is 4.74 Å². The van der Waals surface area contributed by atoms with Gasteiger partial charge >= 0.3 is 0 Å². The highest BCUT2D eigenvalue weighted by Crippen LogP contribution is 2.39. The van der Waals surface area contributed by atoms with Crippen LogP contribution in [-0.4, -0.2) is 60.1 Å². The van der Waals surface area contributed by atoms with Crippen LogP contribution < -0.4 is 10.1 Å². The molecule has 182 valence electrons. The van der Waals surface area contributed by atoms with Crippen LogP contribution >= 0.6 is 22.9 Å². The second-order valence-corrected chi connectivity index (χ2v) is 11.2. The lowest BCUT2D eigenvalue weighted by atomic mass is 9.97. The molecule has 1 fully saturated rings. The van der Waals surface area contributed by atoms with Crippen molar-refractivity contribution in [2.45, 2.75) is 57.7 Å². The summed E-state index contributed by atoms with van der Waals surface area (Å²) in [5, 5.41) is 5.50. The molecule has 0 radical (unpaired) electrons. The van der Waals surface area contributed by atoms with Gasteiger partial charge in [-0.25, -0.2) is 9.97 Å². The maximum atomic E-state index is 6.36. The summed E-state index contributed by atoms with van der Waals surface area (Å²) in [6.45, 7) is 3.66. The van der Waals surface area contributed by atoms with Crippen molar-refractivity contribution in [1.82, 2.24) is 19.8 Å². The lowest BCUT2D eigenvalue weighted by molar-refractivity contribution is 0.138. The Morgan fingerprint density at radius 3 is 2.71 bits per heavy atom. The molecule has 0 spiro atoms. The summed E-state index contributed by atoms with van der Waals surface area (Å²) in [6, 6.07) is 6.61. The van der Waals surface area contributed by atoms with E-state index < -0.39 is 0 Å². The number of aryl methyl sites for hydroxylation is 2. The van der Waals surface area contributed by atoms with Crippen LogP contribution in [0.1, 0.15) is 47.5 Å². The Kier molecular flexibility index (Phi) is 7.25. The van der Waals surface area contributed by atoms with E-state index in [0.29, 0.717) is 23.4 Å². The molecule has 3 aromatic rings. The molecule has 6 nitrogen and oxygen atoms in total. The molecule has 0 unspecified atom stereocenters. The smallest absolute Gasteiger partial charge is 0.146 e. The number of hydrogen-bond donors (Lipinski definition) is 1. The first-order valence-electron chi connectivity index (χ1n) is 12.3. The van der Waals surface area contributed by atoms with Gasteiger partial charge in [0.1, 0.15) is 22.2 Å². The second-order valence-electron chi connectivity index (χ2n) is 9.67. The van der Waals surface area contributed by atoms with Crippen molar-refractivity contribution in [3.05, 3.63) is 45.1 Å². The molecule has 1 aromatic carbocycles. The number of piperidine rings is 1. The van der Waals surface area contributed by atoms with Gasteiger partial charge in [0.2, 0.25) is 0 Å².